The Hall–Kier alpha value is -3.02. The third-order valence-electron chi connectivity index (χ3n) is 4.82. The molecular weight excluding hydrogens is 345 g/mol. The van der Waals surface area contributed by atoms with Crippen LogP contribution in [0.3, 0.4) is 0 Å². The van der Waals surface area contributed by atoms with Crippen molar-refractivity contribution in [1.82, 2.24) is 9.38 Å². The highest BCUT2D eigenvalue weighted by Crippen LogP contribution is 2.34. The van der Waals surface area contributed by atoms with Gasteiger partial charge in [-0.2, -0.15) is 0 Å². The first-order chi connectivity index (χ1) is 12.9. The molecule has 6 heteroatoms. The van der Waals surface area contributed by atoms with Gasteiger partial charge in [0.2, 0.25) is 5.91 Å². The zero-order valence-electron chi connectivity index (χ0n) is 15.2. The summed E-state index contributed by atoms with van der Waals surface area (Å²) in [7, 11) is 0. The van der Waals surface area contributed by atoms with E-state index in [9.17, 15) is 14.0 Å². The van der Waals surface area contributed by atoms with Crippen molar-refractivity contribution in [1.29, 1.82) is 0 Å². The minimum atomic E-state index is -1.03. The number of anilines is 1. The quantitative estimate of drug-likeness (QED) is 0.749. The van der Waals surface area contributed by atoms with E-state index in [0.717, 1.165) is 22.3 Å². The molecule has 1 aliphatic carbocycles. The molecule has 2 atom stereocenters. The standard InChI is InChI=1S/C21H20FN3O2/c1-12-3-4-14(7-13(2)26)8-16(12)15-5-6-20-23-19(11-25(20)10-15)24-21(27)17-9-18(17)22/h3-6,8,10-11,17-18H,7,9H2,1-2H3,(H,24,27)/t17-,18+/m1/s1. The van der Waals surface area contributed by atoms with Crippen LogP contribution in [-0.4, -0.2) is 27.2 Å². The zero-order valence-corrected chi connectivity index (χ0v) is 15.2. The van der Waals surface area contributed by atoms with Crippen LogP contribution in [0.25, 0.3) is 16.8 Å². The average molecular weight is 365 g/mol. The number of pyridine rings is 1. The molecular formula is C21H20FN3O2. The van der Waals surface area contributed by atoms with E-state index in [4.69, 9.17) is 0 Å². The van der Waals surface area contributed by atoms with Crippen molar-refractivity contribution < 1.29 is 14.0 Å². The molecule has 0 spiro atoms. The van der Waals surface area contributed by atoms with Crippen LogP contribution in [-0.2, 0) is 16.0 Å². The number of ketones is 1. The van der Waals surface area contributed by atoms with Crippen LogP contribution >= 0.6 is 0 Å². The number of aryl methyl sites for hydroxylation is 1. The Balaban J connectivity index is 1.63. The number of Topliss-reactive ketones (excluding diaryl/α,β-unsaturated/α-hetero) is 1. The Bertz CT molecular complexity index is 1060. The number of alkyl halides is 1. The van der Waals surface area contributed by atoms with Gasteiger partial charge >= 0.3 is 0 Å². The van der Waals surface area contributed by atoms with Crippen molar-refractivity contribution in [2.45, 2.75) is 32.9 Å². The van der Waals surface area contributed by atoms with Crippen molar-refractivity contribution in [3.63, 3.8) is 0 Å². The van der Waals surface area contributed by atoms with Crippen molar-refractivity contribution in [3.8, 4) is 11.1 Å². The van der Waals surface area contributed by atoms with Gasteiger partial charge in [0.1, 0.15) is 17.6 Å². The number of rotatable bonds is 5. The summed E-state index contributed by atoms with van der Waals surface area (Å²) in [6.07, 6.45) is 3.33. The first kappa shape index (κ1) is 17.4. The number of carbonyl (C=O) groups is 2. The van der Waals surface area contributed by atoms with Gasteiger partial charge in [-0.25, -0.2) is 9.37 Å². The van der Waals surface area contributed by atoms with Crippen molar-refractivity contribution in [2.24, 2.45) is 5.92 Å². The van der Waals surface area contributed by atoms with Crippen LogP contribution in [0.1, 0.15) is 24.5 Å². The molecule has 4 rings (SSSR count). The zero-order chi connectivity index (χ0) is 19.1. The van der Waals surface area contributed by atoms with Gasteiger partial charge in [0, 0.05) is 12.6 Å². The van der Waals surface area contributed by atoms with Gasteiger partial charge < -0.3 is 9.72 Å². The summed E-state index contributed by atoms with van der Waals surface area (Å²) in [5, 5.41) is 2.68. The molecule has 0 aliphatic heterocycles. The normalized spacial score (nSPS) is 18.5. The van der Waals surface area contributed by atoms with Crippen molar-refractivity contribution in [3.05, 3.63) is 53.9 Å². The Morgan fingerprint density at radius 1 is 1.26 bits per heavy atom. The third kappa shape index (κ3) is 3.60. The fraction of sp³-hybridized carbons (Fsp3) is 0.286. The van der Waals surface area contributed by atoms with Crippen molar-refractivity contribution in [2.75, 3.05) is 5.32 Å². The number of hydrogen-bond acceptors (Lipinski definition) is 3. The molecule has 1 N–H and O–H groups in total. The van der Waals surface area contributed by atoms with E-state index in [1.54, 1.807) is 13.1 Å². The number of carbonyl (C=O) groups excluding carboxylic acids is 2. The lowest BCUT2D eigenvalue weighted by atomic mass is 9.97. The average Bonchev–Trinajstić information content (AvgIpc) is 3.21. The smallest absolute Gasteiger partial charge is 0.231 e. The van der Waals surface area contributed by atoms with Gasteiger partial charge in [0.25, 0.3) is 0 Å². The summed E-state index contributed by atoms with van der Waals surface area (Å²) in [5.41, 5.74) is 4.82. The van der Waals surface area contributed by atoms with E-state index in [2.05, 4.69) is 10.3 Å². The molecule has 0 saturated heterocycles. The molecule has 0 bridgehead atoms. The highest BCUT2D eigenvalue weighted by atomic mass is 19.1. The number of aromatic nitrogens is 2. The molecule has 27 heavy (non-hydrogen) atoms. The summed E-state index contributed by atoms with van der Waals surface area (Å²) in [4.78, 5) is 27.7. The van der Waals surface area contributed by atoms with Gasteiger partial charge in [-0.15, -0.1) is 0 Å². The van der Waals surface area contributed by atoms with E-state index < -0.39 is 12.1 Å². The fourth-order valence-electron chi connectivity index (χ4n) is 3.24. The molecule has 2 aromatic heterocycles. The van der Waals surface area contributed by atoms with Gasteiger partial charge in [-0.05, 0) is 54.7 Å². The van der Waals surface area contributed by atoms with Crippen LogP contribution in [0.5, 0.6) is 0 Å². The Labute approximate surface area is 156 Å². The third-order valence-corrected chi connectivity index (χ3v) is 4.82. The minimum Gasteiger partial charge on any atom is -0.309 e. The first-order valence-corrected chi connectivity index (χ1v) is 8.94. The number of fused-ring (bicyclic) bond motifs is 1. The predicted octanol–water partition coefficient (Wildman–Crippen LogP) is 3.74. The highest BCUT2D eigenvalue weighted by Gasteiger charge is 2.43. The van der Waals surface area contributed by atoms with E-state index in [0.29, 0.717) is 24.3 Å². The molecule has 1 amide bonds. The van der Waals surface area contributed by atoms with E-state index in [1.807, 2.05) is 47.9 Å². The molecule has 1 aromatic carbocycles. The summed E-state index contributed by atoms with van der Waals surface area (Å²) in [6.45, 7) is 3.61. The molecule has 1 aliphatic rings. The number of nitrogens with one attached hydrogen (secondary N) is 1. The number of benzene rings is 1. The SMILES string of the molecule is CC(=O)Cc1ccc(C)c(-c2ccc3nc(NC(=O)[C@@H]4C[C@@H]4F)cn3c2)c1. The Morgan fingerprint density at radius 2 is 2.04 bits per heavy atom. The molecule has 3 aromatic rings. The Kier molecular flexibility index (Phi) is 4.26. The second kappa shape index (κ2) is 6.61. The minimum absolute atomic E-state index is 0.126. The molecule has 2 heterocycles. The number of hydrogen-bond donors (Lipinski definition) is 1. The molecule has 1 saturated carbocycles. The van der Waals surface area contributed by atoms with Gasteiger partial charge in [-0.3, -0.25) is 9.59 Å². The maximum Gasteiger partial charge on any atom is 0.231 e. The number of nitrogens with zero attached hydrogens (tertiary/aromatic N) is 2. The highest BCUT2D eigenvalue weighted by molar-refractivity contribution is 5.94. The largest absolute Gasteiger partial charge is 0.309 e. The number of amides is 1. The van der Waals surface area contributed by atoms with Gasteiger partial charge in [0.05, 0.1) is 12.1 Å². The summed E-state index contributed by atoms with van der Waals surface area (Å²) in [6, 6.07) is 9.86. The van der Waals surface area contributed by atoms with Crippen LogP contribution < -0.4 is 5.32 Å². The lowest BCUT2D eigenvalue weighted by Gasteiger charge is -2.09. The molecule has 1 fully saturated rings. The van der Waals surface area contributed by atoms with Crippen molar-refractivity contribution >= 4 is 23.2 Å². The molecule has 0 radical (unpaired) electrons. The van der Waals surface area contributed by atoms with Gasteiger partial charge in [-0.1, -0.05) is 18.2 Å². The molecule has 138 valence electrons. The number of imidazole rings is 1. The second-order valence-electron chi connectivity index (χ2n) is 7.18. The summed E-state index contributed by atoms with van der Waals surface area (Å²) in [5.74, 6) is -0.323. The number of halogens is 1. The van der Waals surface area contributed by atoms with Gasteiger partial charge in [0.15, 0.2) is 5.82 Å². The van der Waals surface area contributed by atoms with E-state index in [1.165, 1.54) is 0 Å². The van der Waals surface area contributed by atoms with E-state index in [-0.39, 0.29) is 11.7 Å². The Morgan fingerprint density at radius 3 is 2.74 bits per heavy atom. The van der Waals surface area contributed by atoms with Crippen LogP contribution in [0.15, 0.2) is 42.7 Å². The fourth-order valence-corrected chi connectivity index (χ4v) is 3.24. The van der Waals surface area contributed by atoms with E-state index >= 15 is 0 Å². The summed E-state index contributed by atoms with van der Waals surface area (Å²) < 4.78 is 14.9. The monoisotopic (exact) mass is 365 g/mol. The van der Waals surface area contributed by atoms with Crippen LogP contribution in [0.4, 0.5) is 10.2 Å². The maximum absolute atomic E-state index is 13.0. The second-order valence-corrected chi connectivity index (χ2v) is 7.18. The lowest BCUT2D eigenvalue weighted by molar-refractivity contribution is -0.118. The van der Waals surface area contributed by atoms with Crippen LogP contribution in [0.2, 0.25) is 0 Å². The molecule has 0 unspecified atom stereocenters. The van der Waals surface area contributed by atoms with Crippen LogP contribution in [0, 0.1) is 12.8 Å². The predicted molar refractivity (Wildman–Crippen MR) is 101 cm³/mol. The first-order valence-electron chi connectivity index (χ1n) is 8.94. The molecule has 5 nitrogen and oxygen atoms in total. The topological polar surface area (TPSA) is 63.5 Å². The maximum atomic E-state index is 13.0. The summed E-state index contributed by atoms with van der Waals surface area (Å²) >= 11 is 0. The lowest BCUT2D eigenvalue weighted by Crippen LogP contribution is -2.15.